The third-order valence-electron chi connectivity index (χ3n) is 2.21. The zero-order valence-electron chi connectivity index (χ0n) is 8.73. The van der Waals surface area contributed by atoms with Crippen LogP contribution in [0.1, 0.15) is 23.7 Å². The normalized spacial score (nSPS) is 12.2. The van der Waals surface area contributed by atoms with E-state index in [0.717, 1.165) is 5.56 Å². The van der Waals surface area contributed by atoms with Crippen molar-refractivity contribution in [2.75, 3.05) is 7.11 Å². The van der Waals surface area contributed by atoms with Crippen molar-refractivity contribution >= 4 is 5.97 Å². The fraction of sp³-hybridized carbons (Fsp3) is 0.364. The first-order valence-electron chi connectivity index (χ1n) is 4.59. The number of carbonyl (C=O) groups is 1. The van der Waals surface area contributed by atoms with Gasteiger partial charge in [-0.3, -0.25) is 4.79 Å². The van der Waals surface area contributed by atoms with Gasteiger partial charge in [-0.2, -0.15) is 0 Å². The molecule has 2 N–H and O–H groups in total. The summed E-state index contributed by atoms with van der Waals surface area (Å²) in [6.45, 7) is 1.81. The Labute approximate surface area is 88.1 Å². The number of ether oxygens (including phenoxy) is 1. The number of benzene rings is 1. The SMILES string of the molecule is COc1cccc(C)c1[C@H](O)CC(=O)O. The first kappa shape index (κ1) is 11.5. The van der Waals surface area contributed by atoms with Gasteiger partial charge in [0.15, 0.2) is 0 Å². The summed E-state index contributed by atoms with van der Waals surface area (Å²) in [4.78, 5) is 10.5. The van der Waals surface area contributed by atoms with E-state index < -0.39 is 12.1 Å². The van der Waals surface area contributed by atoms with Gasteiger partial charge in [0, 0.05) is 5.56 Å². The molecule has 0 aliphatic rings. The van der Waals surface area contributed by atoms with Crippen molar-refractivity contribution < 1.29 is 19.7 Å². The zero-order chi connectivity index (χ0) is 11.4. The van der Waals surface area contributed by atoms with Crippen LogP contribution in [-0.2, 0) is 4.79 Å². The maximum absolute atomic E-state index is 10.5. The van der Waals surface area contributed by atoms with Gasteiger partial charge >= 0.3 is 5.97 Å². The summed E-state index contributed by atoms with van der Waals surface area (Å²) in [6, 6.07) is 5.31. The number of aryl methyl sites for hydroxylation is 1. The lowest BCUT2D eigenvalue weighted by Crippen LogP contribution is -2.08. The molecule has 0 amide bonds. The van der Waals surface area contributed by atoms with Crippen LogP contribution in [0, 0.1) is 6.92 Å². The van der Waals surface area contributed by atoms with Gasteiger partial charge in [0.1, 0.15) is 5.75 Å². The van der Waals surface area contributed by atoms with Crippen LogP contribution in [0.25, 0.3) is 0 Å². The quantitative estimate of drug-likeness (QED) is 0.790. The number of methoxy groups -OCH3 is 1. The van der Waals surface area contributed by atoms with Gasteiger partial charge in [0.25, 0.3) is 0 Å². The number of rotatable bonds is 4. The number of carboxylic acids is 1. The second-order valence-corrected chi connectivity index (χ2v) is 3.30. The number of carboxylic acid groups (broad SMARTS) is 1. The predicted molar refractivity (Wildman–Crippen MR) is 54.9 cm³/mol. The van der Waals surface area contributed by atoms with Gasteiger partial charge in [0.05, 0.1) is 19.6 Å². The highest BCUT2D eigenvalue weighted by molar-refractivity contribution is 5.68. The Bertz CT molecular complexity index is 360. The minimum Gasteiger partial charge on any atom is -0.496 e. The molecule has 0 heterocycles. The number of hydrogen-bond donors (Lipinski definition) is 2. The first-order valence-corrected chi connectivity index (χ1v) is 4.59. The Morgan fingerprint density at radius 3 is 2.73 bits per heavy atom. The molecule has 0 saturated carbocycles. The maximum atomic E-state index is 10.5. The molecule has 0 radical (unpaired) electrons. The summed E-state index contributed by atoms with van der Waals surface area (Å²) in [5, 5.41) is 18.3. The highest BCUT2D eigenvalue weighted by Crippen LogP contribution is 2.30. The van der Waals surface area contributed by atoms with Gasteiger partial charge in [0.2, 0.25) is 0 Å². The van der Waals surface area contributed by atoms with Crippen LogP contribution < -0.4 is 4.74 Å². The van der Waals surface area contributed by atoms with E-state index in [-0.39, 0.29) is 6.42 Å². The molecule has 1 aromatic rings. The second kappa shape index (κ2) is 4.79. The van der Waals surface area contributed by atoms with E-state index in [1.165, 1.54) is 7.11 Å². The molecular formula is C11H14O4. The van der Waals surface area contributed by atoms with Crippen molar-refractivity contribution in [2.45, 2.75) is 19.4 Å². The van der Waals surface area contributed by atoms with Gasteiger partial charge in [-0.05, 0) is 18.6 Å². The third kappa shape index (κ3) is 2.70. The molecule has 15 heavy (non-hydrogen) atoms. The van der Waals surface area contributed by atoms with Gasteiger partial charge in [-0.25, -0.2) is 0 Å². The van der Waals surface area contributed by atoms with Crippen LogP contribution in [0.5, 0.6) is 5.75 Å². The lowest BCUT2D eigenvalue weighted by molar-refractivity contribution is -0.139. The molecule has 4 heteroatoms. The molecule has 4 nitrogen and oxygen atoms in total. The molecule has 0 fully saturated rings. The van der Waals surface area contributed by atoms with Crippen LogP contribution in [0.4, 0.5) is 0 Å². The largest absolute Gasteiger partial charge is 0.496 e. The fourth-order valence-electron chi connectivity index (χ4n) is 1.53. The van der Waals surface area contributed by atoms with Crippen LogP contribution >= 0.6 is 0 Å². The Kier molecular flexibility index (Phi) is 3.68. The average Bonchev–Trinajstić information content (AvgIpc) is 2.15. The van der Waals surface area contributed by atoms with Crippen LogP contribution in [0.3, 0.4) is 0 Å². The van der Waals surface area contributed by atoms with Crippen molar-refractivity contribution in [1.82, 2.24) is 0 Å². The molecule has 0 saturated heterocycles. The Morgan fingerprint density at radius 2 is 2.20 bits per heavy atom. The van der Waals surface area contributed by atoms with Gasteiger partial charge in [-0.15, -0.1) is 0 Å². The Morgan fingerprint density at radius 1 is 1.53 bits per heavy atom. The topological polar surface area (TPSA) is 66.8 Å². The van der Waals surface area contributed by atoms with E-state index in [1.807, 2.05) is 13.0 Å². The van der Waals surface area contributed by atoms with Crippen LogP contribution in [-0.4, -0.2) is 23.3 Å². The van der Waals surface area contributed by atoms with E-state index in [0.29, 0.717) is 11.3 Å². The maximum Gasteiger partial charge on any atom is 0.306 e. The average molecular weight is 210 g/mol. The van der Waals surface area contributed by atoms with Gasteiger partial charge in [-0.1, -0.05) is 12.1 Å². The van der Waals surface area contributed by atoms with Crippen molar-refractivity contribution in [2.24, 2.45) is 0 Å². The van der Waals surface area contributed by atoms with Crippen molar-refractivity contribution in [3.63, 3.8) is 0 Å². The lowest BCUT2D eigenvalue weighted by Gasteiger charge is -2.15. The van der Waals surface area contributed by atoms with E-state index in [4.69, 9.17) is 9.84 Å². The summed E-state index contributed by atoms with van der Waals surface area (Å²) >= 11 is 0. The molecule has 0 aliphatic carbocycles. The molecular weight excluding hydrogens is 196 g/mol. The molecule has 0 aliphatic heterocycles. The third-order valence-corrected chi connectivity index (χ3v) is 2.21. The molecule has 0 spiro atoms. The molecule has 1 aromatic carbocycles. The molecule has 0 aromatic heterocycles. The number of hydrogen-bond acceptors (Lipinski definition) is 3. The highest BCUT2D eigenvalue weighted by atomic mass is 16.5. The Balaban J connectivity index is 3.05. The smallest absolute Gasteiger partial charge is 0.306 e. The number of aliphatic hydroxyl groups is 1. The van der Waals surface area contributed by atoms with Crippen molar-refractivity contribution in [3.8, 4) is 5.75 Å². The summed E-state index contributed by atoms with van der Waals surface area (Å²) in [7, 11) is 1.49. The van der Waals surface area contributed by atoms with Gasteiger partial charge < -0.3 is 14.9 Å². The molecule has 0 unspecified atom stereocenters. The zero-order valence-corrected chi connectivity index (χ0v) is 8.73. The number of aliphatic carboxylic acids is 1. The van der Waals surface area contributed by atoms with E-state index in [1.54, 1.807) is 12.1 Å². The van der Waals surface area contributed by atoms with E-state index in [2.05, 4.69) is 0 Å². The first-order chi connectivity index (χ1) is 7.06. The van der Waals surface area contributed by atoms with Crippen LogP contribution in [0.15, 0.2) is 18.2 Å². The summed E-state index contributed by atoms with van der Waals surface area (Å²) in [6.07, 6.45) is -1.35. The lowest BCUT2D eigenvalue weighted by atomic mass is 10.00. The minimum absolute atomic E-state index is 0.318. The molecule has 1 rings (SSSR count). The molecule has 0 bridgehead atoms. The van der Waals surface area contributed by atoms with Crippen molar-refractivity contribution in [3.05, 3.63) is 29.3 Å². The van der Waals surface area contributed by atoms with Crippen molar-refractivity contribution in [1.29, 1.82) is 0 Å². The Hall–Kier alpha value is -1.55. The predicted octanol–water partition coefficient (Wildman–Crippen LogP) is 1.51. The summed E-state index contributed by atoms with van der Waals surface area (Å²) < 4.78 is 5.08. The minimum atomic E-state index is -1.03. The van der Waals surface area contributed by atoms with E-state index >= 15 is 0 Å². The standard InChI is InChI=1S/C11H14O4/c1-7-4-3-5-9(15-2)11(7)8(12)6-10(13)14/h3-5,8,12H,6H2,1-2H3,(H,13,14)/t8-/m1/s1. The molecule has 82 valence electrons. The fourth-order valence-corrected chi connectivity index (χ4v) is 1.53. The monoisotopic (exact) mass is 210 g/mol. The summed E-state index contributed by atoms with van der Waals surface area (Å²) in [5.74, 6) is -0.517. The highest BCUT2D eigenvalue weighted by Gasteiger charge is 2.18. The number of aliphatic hydroxyl groups excluding tert-OH is 1. The second-order valence-electron chi connectivity index (χ2n) is 3.30. The summed E-state index contributed by atoms with van der Waals surface area (Å²) in [5.41, 5.74) is 1.37. The van der Waals surface area contributed by atoms with E-state index in [9.17, 15) is 9.90 Å². The van der Waals surface area contributed by atoms with Crippen LogP contribution in [0.2, 0.25) is 0 Å². The molecule has 1 atom stereocenters.